The van der Waals surface area contributed by atoms with Crippen molar-refractivity contribution in [2.24, 2.45) is 17.3 Å². The molecule has 2 fully saturated rings. The van der Waals surface area contributed by atoms with Gasteiger partial charge in [-0.15, -0.1) is 0 Å². The van der Waals surface area contributed by atoms with Crippen LogP contribution in [0.25, 0.3) is 6.08 Å². The lowest BCUT2D eigenvalue weighted by molar-refractivity contribution is -0.134. The third-order valence-electron chi connectivity index (χ3n) is 8.60. The fourth-order valence-corrected chi connectivity index (χ4v) is 6.06. The summed E-state index contributed by atoms with van der Waals surface area (Å²) in [5.41, 5.74) is 4.29. The number of ether oxygens (including phenoxy) is 1. The standard InChI is InChI=1S/C33H45N3O3/c1-33(2)24-35(29-17-15-28(16-18-29)34(3)4)21-20-27(33)23-36(32(38)26-11-7-6-8-12-26)30-13-9-10-25(22-30)14-19-31(37)39-5/h9-10,13-19,22,26-27H,6-8,11-12,20-21,23-24H2,1-5H3/b19-14+. The Balaban J connectivity index is 1.55. The Morgan fingerprint density at radius 1 is 1.00 bits per heavy atom. The molecule has 1 aliphatic heterocycles. The maximum atomic E-state index is 14.0. The molecule has 1 saturated carbocycles. The van der Waals surface area contributed by atoms with Gasteiger partial charge in [-0.05, 0) is 78.6 Å². The molecular formula is C33H45N3O3. The van der Waals surface area contributed by atoms with E-state index in [-0.39, 0.29) is 23.2 Å². The van der Waals surface area contributed by atoms with Crippen molar-refractivity contribution < 1.29 is 14.3 Å². The van der Waals surface area contributed by atoms with Crippen LogP contribution in [-0.4, -0.2) is 52.7 Å². The Morgan fingerprint density at radius 3 is 2.36 bits per heavy atom. The van der Waals surface area contributed by atoms with Gasteiger partial charge in [0.05, 0.1) is 7.11 Å². The summed E-state index contributed by atoms with van der Waals surface area (Å²) in [6.45, 7) is 7.32. The quantitative estimate of drug-likeness (QED) is 0.291. The zero-order valence-corrected chi connectivity index (χ0v) is 24.4. The molecule has 1 saturated heterocycles. The van der Waals surface area contributed by atoms with Gasteiger partial charge < -0.3 is 19.4 Å². The molecule has 1 heterocycles. The summed E-state index contributed by atoms with van der Waals surface area (Å²) in [7, 11) is 5.50. The summed E-state index contributed by atoms with van der Waals surface area (Å²) in [6.07, 6.45) is 9.63. The normalized spacial score (nSPS) is 19.6. The number of piperidine rings is 1. The summed E-state index contributed by atoms with van der Waals surface area (Å²) in [6, 6.07) is 16.8. The van der Waals surface area contributed by atoms with Gasteiger partial charge in [-0.25, -0.2) is 4.79 Å². The van der Waals surface area contributed by atoms with Gasteiger partial charge in [0.25, 0.3) is 0 Å². The first-order valence-corrected chi connectivity index (χ1v) is 14.4. The molecule has 0 aromatic heterocycles. The SMILES string of the molecule is COC(=O)/C=C/c1cccc(N(CC2CCN(c3ccc(N(C)C)cc3)CC2(C)C)C(=O)C2CCCCC2)c1. The largest absolute Gasteiger partial charge is 0.466 e. The van der Waals surface area contributed by atoms with Crippen LogP contribution in [-0.2, 0) is 14.3 Å². The molecule has 1 aliphatic carbocycles. The van der Waals surface area contributed by atoms with Crippen LogP contribution >= 0.6 is 0 Å². The lowest BCUT2D eigenvalue weighted by Gasteiger charge is -2.47. The molecular weight excluding hydrogens is 486 g/mol. The minimum Gasteiger partial charge on any atom is -0.466 e. The second kappa shape index (κ2) is 12.7. The summed E-state index contributed by atoms with van der Waals surface area (Å²) in [4.78, 5) is 32.3. The van der Waals surface area contributed by atoms with Gasteiger partial charge in [-0.3, -0.25) is 4.79 Å². The van der Waals surface area contributed by atoms with Crippen LogP contribution in [0.5, 0.6) is 0 Å². The smallest absolute Gasteiger partial charge is 0.330 e. The summed E-state index contributed by atoms with van der Waals surface area (Å²) in [5.74, 6) is 0.324. The van der Waals surface area contributed by atoms with Crippen LogP contribution in [0.4, 0.5) is 17.1 Å². The van der Waals surface area contributed by atoms with Crippen LogP contribution < -0.4 is 14.7 Å². The first kappa shape index (κ1) is 28.7. The van der Waals surface area contributed by atoms with E-state index >= 15 is 0 Å². The van der Waals surface area contributed by atoms with E-state index < -0.39 is 0 Å². The van der Waals surface area contributed by atoms with E-state index in [9.17, 15) is 9.59 Å². The van der Waals surface area contributed by atoms with Gasteiger partial charge in [0.2, 0.25) is 5.91 Å². The molecule has 6 heteroatoms. The number of hydrogen-bond acceptors (Lipinski definition) is 5. The van der Waals surface area contributed by atoms with Gasteiger partial charge in [-0.1, -0.05) is 45.2 Å². The highest BCUT2D eigenvalue weighted by atomic mass is 16.5. The van der Waals surface area contributed by atoms with E-state index in [0.717, 1.165) is 56.4 Å². The molecule has 0 bridgehead atoms. The van der Waals surface area contributed by atoms with E-state index in [1.165, 1.54) is 31.0 Å². The number of esters is 1. The number of carbonyl (C=O) groups excluding carboxylic acids is 2. The molecule has 0 spiro atoms. The fourth-order valence-electron chi connectivity index (χ4n) is 6.06. The van der Waals surface area contributed by atoms with E-state index in [1.54, 1.807) is 6.08 Å². The second-order valence-corrected chi connectivity index (χ2v) is 12.0. The molecule has 1 unspecified atom stereocenters. The molecule has 39 heavy (non-hydrogen) atoms. The average Bonchev–Trinajstić information content (AvgIpc) is 2.95. The van der Waals surface area contributed by atoms with Gasteiger partial charge >= 0.3 is 5.97 Å². The van der Waals surface area contributed by atoms with Crippen LogP contribution in [0.3, 0.4) is 0 Å². The summed E-state index contributed by atoms with van der Waals surface area (Å²) < 4.78 is 4.75. The van der Waals surface area contributed by atoms with Crippen LogP contribution in [0.1, 0.15) is 57.9 Å². The molecule has 4 rings (SSSR count). The highest BCUT2D eigenvalue weighted by molar-refractivity contribution is 5.95. The molecule has 210 valence electrons. The Morgan fingerprint density at radius 2 is 1.72 bits per heavy atom. The van der Waals surface area contributed by atoms with Crippen LogP contribution in [0, 0.1) is 17.3 Å². The highest BCUT2D eigenvalue weighted by Crippen LogP contribution is 2.39. The predicted octanol–water partition coefficient (Wildman–Crippen LogP) is 6.40. The minimum atomic E-state index is -0.389. The van der Waals surface area contributed by atoms with Crippen LogP contribution in [0.2, 0.25) is 0 Å². The highest BCUT2D eigenvalue weighted by Gasteiger charge is 2.39. The van der Waals surface area contributed by atoms with Crippen LogP contribution in [0.15, 0.2) is 54.6 Å². The number of carbonyl (C=O) groups is 2. The zero-order chi connectivity index (χ0) is 28.0. The second-order valence-electron chi connectivity index (χ2n) is 12.0. The Hall–Kier alpha value is -3.28. The molecule has 1 amide bonds. The van der Waals surface area contributed by atoms with Crippen molar-refractivity contribution in [2.45, 2.75) is 52.4 Å². The first-order chi connectivity index (χ1) is 18.7. The molecule has 0 radical (unpaired) electrons. The van der Waals surface area contributed by atoms with Gasteiger partial charge in [0, 0.05) is 62.8 Å². The number of rotatable bonds is 8. The summed E-state index contributed by atoms with van der Waals surface area (Å²) >= 11 is 0. The van der Waals surface area contributed by atoms with Crippen molar-refractivity contribution in [2.75, 3.05) is 55.5 Å². The molecule has 0 N–H and O–H groups in total. The van der Waals surface area contributed by atoms with Crippen molar-refractivity contribution in [3.05, 3.63) is 60.2 Å². The van der Waals surface area contributed by atoms with Gasteiger partial charge in [0.15, 0.2) is 0 Å². The zero-order valence-electron chi connectivity index (χ0n) is 24.4. The van der Waals surface area contributed by atoms with Crippen molar-refractivity contribution in [3.63, 3.8) is 0 Å². The Bertz CT molecular complexity index is 1150. The topological polar surface area (TPSA) is 53.1 Å². The van der Waals surface area contributed by atoms with Crippen molar-refractivity contribution in [1.82, 2.24) is 0 Å². The molecule has 2 aliphatic rings. The maximum Gasteiger partial charge on any atom is 0.330 e. The molecule has 2 aromatic rings. The third kappa shape index (κ3) is 7.23. The van der Waals surface area contributed by atoms with E-state index in [4.69, 9.17) is 4.74 Å². The molecule has 2 aromatic carbocycles. The predicted molar refractivity (Wildman–Crippen MR) is 161 cm³/mol. The monoisotopic (exact) mass is 531 g/mol. The van der Waals surface area contributed by atoms with E-state index in [1.807, 2.05) is 24.3 Å². The average molecular weight is 532 g/mol. The van der Waals surface area contributed by atoms with Crippen molar-refractivity contribution in [1.29, 1.82) is 0 Å². The number of nitrogens with zero attached hydrogens (tertiary/aromatic N) is 3. The maximum absolute atomic E-state index is 14.0. The van der Waals surface area contributed by atoms with Gasteiger partial charge in [0.1, 0.15) is 0 Å². The number of benzene rings is 2. The lowest BCUT2D eigenvalue weighted by Crippen LogP contribution is -2.51. The van der Waals surface area contributed by atoms with E-state index in [0.29, 0.717) is 12.5 Å². The Labute approximate surface area is 234 Å². The van der Waals surface area contributed by atoms with Gasteiger partial charge in [-0.2, -0.15) is 0 Å². The Kier molecular flexibility index (Phi) is 9.36. The number of amides is 1. The number of methoxy groups -OCH3 is 1. The molecule has 6 nitrogen and oxygen atoms in total. The number of anilines is 3. The minimum absolute atomic E-state index is 0.0337. The fraction of sp³-hybridized carbons (Fsp3) is 0.515. The lowest BCUT2D eigenvalue weighted by atomic mass is 9.73. The first-order valence-electron chi connectivity index (χ1n) is 14.4. The third-order valence-corrected chi connectivity index (χ3v) is 8.60. The number of hydrogen-bond donors (Lipinski definition) is 0. The van der Waals surface area contributed by atoms with Crippen molar-refractivity contribution in [3.8, 4) is 0 Å². The van der Waals surface area contributed by atoms with E-state index in [2.05, 4.69) is 66.9 Å². The molecule has 1 atom stereocenters. The summed E-state index contributed by atoms with van der Waals surface area (Å²) in [5, 5.41) is 0. The van der Waals surface area contributed by atoms with Crippen molar-refractivity contribution >= 4 is 35.0 Å².